The van der Waals surface area contributed by atoms with Gasteiger partial charge in [0.05, 0.1) is 18.8 Å². The lowest BCUT2D eigenvalue weighted by molar-refractivity contribution is 0.392. The maximum atomic E-state index is 4.70. The van der Waals surface area contributed by atoms with Gasteiger partial charge < -0.3 is 15.5 Å². The maximum absolute atomic E-state index is 4.70. The molecule has 26 heavy (non-hydrogen) atoms. The number of aromatic nitrogens is 4. The molecule has 2 N–H and O–H groups in total. The first-order valence-electron chi connectivity index (χ1n) is 9.18. The van der Waals surface area contributed by atoms with Gasteiger partial charge in [-0.2, -0.15) is 5.10 Å². The van der Waals surface area contributed by atoms with Crippen LogP contribution in [-0.4, -0.2) is 52.4 Å². The molecule has 2 aromatic rings. The smallest absolute Gasteiger partial charge is 0.191 e. The molecule has 142 valence electrons. The number of aryl methyl sites for hydroxylation is 2. The molecular weight excluding hydrogens is 348 g/mol. The van der Waals surface area contributed by atoms with Gasteiger partial charge in [-0.15, -0.1) is 11.3 Å². The molecule has 0 saturated heterocycles. The van der Waals surface area contributed by atoms with Gasteiger partial charge in [0.2, 0.25) is 0 Å². The van der Waals surface area contributed by atoms with E-state index in [9.17, 15) is 0 Å². The second-order valence-electron chi connectivity index (χ2n) is 6.57. The fourth-order valence-corrected chi connectivity index (χ4v) is 3.63. The summed E-state index contributed by atoms with van der Waals surface area (Å²) in [5, 5.41) is 14.5. The van der Waals surface area contributed by atoms with Crippen molar-refractivity contribution in [1.29, 1.82) is 0 Å². The zero-order valence-corrected chi connectivity index (χ0v) is 16.8. The number of rotatable bonds is 6. The Morgan fingerprint density at radius 3 is 2.92 bits per heavy atom. The second-order valence-corrected chi connectivity index (χ2v) is 7.41. The van der Waals surface area contributed by atoms with Crippen molar-refractivity contribution in [2.75, 3.05) is 25.5 Å². The van der Waals surface area contributed by atoms with Gasteiger partial charge in [-0.1, -0.05) is 6.92 Å². The first kappa shape index (κ1) is 18.6. The summed E-state index contributed by atoms with van der Waals surface area (Å²) >= 11 is 1.64. The molecule has 0 fully saturated rings. The summed E-state index contributed by atoms with van der Waals surface area (Å²) < 4.78 is 2.04. The molecule has 3 rings (SSSR count). The molecule has 0 aliphatic carbocycles. The van der Waals surface area contributed by atoms with Crippen LogP contribution < -0.4 is 15.5 Å². The Hall–Kier alpha value is -2.16. The van der Waals surface area contributed by atoms with Gasteiger partial charge in [0.25, 0.3) is 0 Å². The summed E-state index contributed by atoms with van der Waals surface area (Å²) in [5.41, 5.74) is 0.991. The number of thiazole rings is 1. The fraction of sp³-hybridized carbons (Fsp3) is 0.647. The molecule has 0 spiro atoms. The number of guanidine groups is 1. The van der Waals surface area contributed by atoms with Crippen LogP contribution in [0.2, 0.25) is 0 Å². The van der Waals surface area contributed by atoms with Crippen LogP contribution in [0.4, 0.5) is 5.13 Å². The summed E-state index contributed by atoms with van der Waals surface area (Å²) in [5.74, 6) is 2.86. The third-order valence-electron chi connectivity index (χ3n) is 4.22. The van der Waals surface area contributed by atoms with Crippen molar-refractivity contribution in [1.82, 2.24) is 30.4 Å². The van der Waals surface area contributed by atoms with Crippen LogP contribution in [0.1, 0.15) is 37.6 Å². The normalized spacial score (nSPS) is 17.1. The first-order valence-corrected chi connectivity index (χ1v) is 10.1. The van der Waals surface area contributed by atoms with Crippen molar-refractivity contribution in [3.05, 3.63) is 22.7 Å². The lowest BCUT2D eigenvalue weighted by atomic mass is 10.1. The molecule has 8 nitrogen and oxygen atoms in total. The summed E-state index contributed by atoms with van der Waals surface area (Å²) in [7, 11) is 4.01. The third-order valence-corrected chi connectivity index (χ3v) is 5.28. The molecule has 2 aromatic heterocycles. The quantitative estimate of drug-likeness (QED) is 0.586. The molecular formula is C17H28N8S. The van der Waals surface area contributed by atoms with Gasteiger partial charge in [0.15, 0.2) is 16.9 Å². The highest BCUT2D eigenvalue weighted by molar-refractivity contribution is 7.13. The lowest BCUT2D eigenvalue weighted by Crippen LogP contribution is -2.47. The predicted octanol–water partition coefficient (Wildman–Crippen LogP) is 1.43. The zero-order valence-electron chi connectivity index (χ0n) is 16.0. The molecule has 0 saturated carbocycles. The van der Waals surface area contributed by atoms with E-state index < -0.39 is 0 Å². The number of nitrogens with zero attached hydrogens (tertiary/aromatic N) is 6. The topological polar surface area (TPSA) is 83.3 Å². The Bertz CT molecular complexity index is 748. The Kier molecular flexibility index (Phi) is 6.08. The van der Waals surface area contributed by atoms with Crippen molar-refractivity contribution >= 4 is 22.4 Å². The standard InChI is InChI=1S/C17H28N8S/c1-5-14-22-15-8-7-12(10-25(15)23-14)20-16(18-6-2)19-9-13-11-26-17(21-13)24(3)4/h11-12H,5-10H2,1-4H3,(H2,18,19,20). The molecule has 1 aliphatic rings. The summed E-state index contributed by atoms with van der Waals surface area (Å²) in [6.07, 6.45) is 2.86. The molecule has 1 atom stereocenters. The molecule has 1 aliphatic heterocycles. The summed E-state index contributed by atoms with van der Waals surface area (Å²) in [6.45, 7) is 6.39. The van der Waals surface area contributed by atoms with Crippen LogP contribution in [0.15, 0.2) is 10.4 Å². The Balaban J connectivity index is 1.62. The Morgan fingerprint density at radius 2 is 2.23 bits per heavy atom. The van der Waals surface area contributed by atoms with Gasteiger partial charge in [-0.25, -0.2) is 19.6 Å². The predicted molar refractivity (Wildman–Crippen MR) is 106 cm³/mol. The van der Waals surface area contributed by atoms with Gasteiger partial charge in [0.1, 0.15) is 5.82 Å². The molecule has 9 heteroatoms. The average Bonchev–Trinajstić information content (AvgIpc) is 3.26. The minimum absolute atomic E-state index is 0.305. The van der Waals surface area contributed by atoms with E-state index in [4.69, 9.17) is 4.99 Å². The SMILES string of the molecule is CCNC(=NCc1csc(N(C)C)n1)NC1CCc2nc(CC)nn2C1. The van der Waals surface area contributed by atoms with Crippen LogP contribution in [0.25, 0.3) is 0 Å². The number of anilines is 1. The highest BCUT2D eigenvalue weighted by Crippen LogP contribution is 2.18. The number of aliphatic imine (C=N–C) groups is 1. The van der Waals surface area contributed by atoms with Gasteiger partial charge >= 0.3 is 0 Å². The van der Waals surface area contributed by atoms with Crippen LogP contribution in [0.3, 0.4) is 0 Å². The van der Waals surface area contributed by atoms with E-state index in [0.29, 0.717) is 12.6 Å². The van der Waals surface area contributed by atoms with E-state index in [0.717, 1.165) is 60.8 Å². The van der Waals surface area contributed by atoms with E-state index in [1.807, 2.05) is 23.7 Å². The van der Waals surface area contributed by atoms with E-state index in [1.165, 1.54) is 0 Å². The molecule has 0 amide bonds. The summed E-state index contributed by atoms with van der Waals surface area (Å²) in [4.78, 5) is 15.9. The minimum Gasteiger partial charge on any atom is -0.357 e. The van der Waals surface area contributed by atoms with E-state index in [1.54, 1.807) is 11.3 Å². The number of fused-ring (bicyclic) bond motifs is 1. The highest BCUT2D eigenvalue weighted by Gasteiger charge is 2.22. The van der Waals surface area contributed by atoms with Crippen LogP contribution in [-0.2, 0) is 25.9 Å². The molecule has 0 bridgehead atoms. The molecule has 3 heterocycles. The second kappa shape index (κ2) is 8.48. The highest BCUT2D eigenvalue weighted by atomic mass is 32.1. The number of hydrogen-bond donors (Lipinski definition) is 2. The van der Waals surface area contributed by atoms with Gasteiger partial charge in [-0.3, -0.25) is 0 Å². The summed E-state index contributed by atoms with van der Waals surface area (Å²) in [6, 6.07) is 0.305. The Labute approximate surface area is 158 Å². The van der Waals surface area contributed by atoms with Crippen molar-refractivity contribution in [3.63, 3.8) is 0 Å². The van der Waals surface area contributed by atoms with Gasteiger partial charge in [0, 0.05) is 44.9 Å². The van der Waals surface area contributed by atoms with Crippen LogP contribution in [0.5, 0.6) is 0 Å². The monoisotopic (exact) mass is 376 g/mol. The third kappa shape index (κ3) is 4.51. The van der Waals surface area contributed by atoms with E-state index in [2.05, 4.69) is 44.9 Å². The average molecular weight is 377 g/mol. The van der Waals surface area contributed by atoms with Crippen LogP contribution >= 0.6 is 11.3 Å². The largest absolute Gasteiger partial charge is 0.357 e. The van der Waals surface area contributed by atoms with E-state index in [-0.39, 0.29) is 0 Å². The first-order chi connectivity index (χ1) is 12.6. The van der Waals surface area contributed by atoms with Crippen molar-refractivity contribution in [3.8, 4) is 0 Å². The number of hydrogen-bond acceptors (Lipinski definition) is 6. The fourth-order valence-electron chi connectivity index (χ4n) is 2.88. The minimum atomic E-state index is 0.305. The van der Waals surface area contributed by atoms with E-state index >= 15 is 0 Å². The van der Waals surface area contributed by atoms with Crippen molar-refractivity contribution < 1.29 is 0 Å². The molecule has 1 unspecified atom stereocenters. The van der Waals surface area contributed by atoms with Gasteiger partial charge in [-0.05, 0) is 13.3 Å². The number of nitrogens with one attached hydrogen (secondary N) is 2. The molecule has 0 radical (unpaired) electrons. The van der Waals surface area contributed by atoms with Crippen molar-refractivity contribution in [2.24, 2.45) is 4.99 Å². The van der Waals surface area contributed by atoms with Crippen LogP contribution in [0, 0.1) is 0 Å². The Morgan fingerprint density at radius 1 is 1.38 bits per heavy atom. The lowest BCUT2D eigenvalue weighted by Gasteiger charge is -2.25. The molecule has 0 aromatic carbocycles. The van der Waals surface area contributed by atoms with Crippen molar-refractivity contribution in [2.45, 2.75) is 52.2 Å². The zero-order chi connectivity index (χ0) is 18.5. The maximum Gasteiger partial charge on any atom is 0.191 e.